The first-order chi connectivity index (χ1) is 8.63. The number of halogens is 1. The van der Waals surface area contributed by atoms with E-state index in [-0.39, 0.29) is 0 Å². The first-order valence-corrected chi connectivity index (χ1v) is 6.58. The Labute approximate surface area is 112 Å². The van der Waals surface area contributed by atoms with Gasteiger partial charge in [0.25, 0.3) is 0 Å². The van der Waals surface area contributed by atoms with Gasteiger partial charge in [-0.15, -0.1) is 0 Å². The van der Waals surface area contributed by atoms with Crippen molar-refractivity contribution in [1.82, 2.24) is 5.32 Å². The topological polar surface area (TPSA) is 58.4 Å². The molecular weight excluding hydrogens is 250 g/mol. The average molecular weight is 268 g/mol. The molecule has 1 aromatic rings. The SMILES string of the molecule is CCCN(c1ccc(C(N)=O)cc1Cl)C1CNC1. The number of hydrogen-bond acceptors (Lipinski definition) is 3. The zero-order valence-corrected chi connectivity index (χ0v) is 11.2. The minimum Gasteiger partial charge on any atom is -0.366 e. The van der Waals surface area contributed by atoms with Crippen LogP contribution in [0.25, 0.3) is 0 Å². The monoisotopic (exact) mass is 267 g/mol. The highest BCUT2D eigenvalue weighted by Crippen LogP contribution is 2.29. The van der Waals surface area contributed by atoms with Crippen LogP contribution in [0.3, 0.4) is 0 Å². The van der Waals surface area contributed by atoms with E-state index in [1.165, 1.54) is 0 Å². The quantitative estimate of drug-likeness (QED) is 0.853. The van der Waals surface area contributed by atoms with Crippen LogP contribution in [-0.4, -0.2) is 31.6 Å². The van der Waals surface area contributed by atoms with Crippen LogP contribution < -0.4 is 16.0 Å². The van der Waals surface area contributed by atoms with Crippen LogP contribution in [0.15, 0.2) is 18.2 Å². The molecule has 0 saturated carbocycles. The Morgan fingerprint density at radius 3 is 2.72 bits per heavy atom. The summed E-state index contributed by atoms with van der Waals surface area (Å²) in [6, 6.07) is 5.75. The number of rotatable bonds is 5. The largest absolute Gasteiger partial charge is 0.366 e. The fourth-order valence-electron chi connectivity index (χ4n) is 2.13. The molecule has 0 aromatic heterocycles. The van der Waals surface area contributed by atoms with E-state index in [1.54, 1.807) is 12.1 Å². The van der Waals surface area contributed by atoms with Crippen molar-refractivity contribution < 1.29 is 4.79 Å². The minimum atomic E-state index is -0.448. The Morgan fingerprint density at radius 2 is 2.28 bits per heavy atom. The molecule has 0 atom stereocenters. The summed E-state index contributed by atoms with van der Waals surface area (Å²) in [7, 11) is 0. The van der Waals surface area contributed by atoms with Crippen molar-refractivity contribution in [2.75, 3.05) is 24.5 Å². The molecule has 3 N–H and O–H groups in total. The maximum absolute atomic E-state index is 11.1. The fourth-order valence-corrected chi connectivity index (χ4v) is 2.42. The van der Waals surface area contributed by atoms with E-state index >= 15 is 0 Å². The molecule has 1 saturated heterocycles. The molecule has 0 radical (unpaired) electrons. The van der Waals surface area contributed by atoms with Gasteiger partial charge < -0.3 is 16.0 Å². The fraction of sp³-hybridized carbons (Fsp3) is 0.462. The highest BCUT2D eigenvalue weighted by atomic mass is 35.5. The second kappa shape index (κ2) is 5.59. The number of carbonyl (C=O) groups is 1. The van der Waals surface area contributed by atoms with Crippen molar-refractivity contribution >= 4 is 23.2 Å². The third-order valence-electron chi connectivity index (χ3n) is 3.21. The van der Waals surface area contributed by atoms with Crippen molar-refractivity contribution in [2.24, 2.45) is 5.73 Å². The lowest BCUT2D eigenvalue weighted by Crippen LogP contribution is -2.57. The molecular formula is C13H18ClN3O. The van der Waals surface area contributed by atoms with E-state index in [1.807, 2.05) is 6.07 Å². The van der Waals surface area contributed by atoms with Gasteiger partial charge >= 0.3 is 0 Å². The molecule has 98 valence electrons. The zero-order valence-electron chi connectivity index (χ0n) is 10.4. The van der Waals surface area contributed by atoms with Gasteiger partial charge in [-0.1, -0.05) is 18.5 Å². The summed E-state index contributed by atoms with van der Waals surface area (Å²) in [4.78, 5) is 13.4. The molecule has 1 fully saturated rings. The second-order valence-electron chi connectivity index (χ2n) is 4.54. The molecule has 0 aliphatic carbocycles. The summed E-state index contributed by atoms with van der Waals surface area (Å²) in [6.45, 7) is 5.06. The maximum atomic E-state index is 11.1. The van der Waals surface area contributed by atoms with Gasteiger partial charge in [-0.2, -0.15) is 0 Å². The van der Waals surface area contributed by atoms with Gasteiger partial charge in [0.2, 0.25) is 5.91 Å². The molecule has 0 unspecified atom stereocenters. The number of primary amides is 1. The molecule has 1 amide bonds. The number of hydrogen-bond donors (Lipinski definition) is 2. The highest BCUT2D eigenvalue weighted by Gasteiger charge is 2.25. The van der Waals surface area contributed by atoms with E-state index in [4.69, 9.17) is 17.3 Å². The number of nitrogens with zero attached hydrogens (tertiary/aromatic N) is 1. The number of benzene rings is 1. The number of amides is 1. The maximum Gasteiger partial charge on any atom is 0.248 e. The van der Waals surface area contributed by atoms with E-state index in [0.717, 1.165) is 31.7 Å². The van der Waals surface area contributed by atoms with Crippen LogP contribution in [0.5, 0.6) is 0 Å². The Hall–Kier alpha value is -1.26. The van der Waals surface area contributed by atoms with Crippen LogP contribution in [0.2, 0.25) is 5.02 Å². The molecule has 5 heteroatoms. The van der Waals surface area contributed by atoms with Crippen LogP contribution in [-0.2, 0) is 0 Å². The van der Waals surface area contributed by atoms with Crippen LogP contribution in [0.1, 0.15) is 23.7 Å². The van der Waals surface area contributed by atoms with Crippen molar-refractivity contribution in [3.8, 4) is 0 Å². The summed E-state index contributed by atoms with van der Waals surface area (Å²) in [5, 5.41) is 3.85. The van der Waals surface area contributed by atoms with Gasteiger partial charge in [-0.25, -0.2) is 0 Å². The average Bonchev–Trinajstić information content (AvgIpc) is 2.26. The van der Waals surface area contributed by atoms with E-state index in [9.17, 15) is 4.79 Å². The molecule has 1 aliphatic rings. The first kappa shape index (κ1) is 13.2. The lowest BCUT2D eigenvalue weighted by atomic mass is 10.1. The van der Waals surface area contributed by atoms with Crippen molar-refractivity contribution in [3.63, 3.8) is 0 Å². The first-order valence-electron chi connectivity index (χ1n) is 6.20. The Morgan fingerprint density at radius 1 is 1.56 bits per heavy atom. The summed E-state index contributed by atoms with van der Waals surface area (Å²) in [6.07, 6.45) is 1.06. The molecule has 1 aliphatic heterocycles. The lowest BCUT2D eigenvalue weighted by molar-refractivity contribution is 0.100. The molecule has 1 heterocycles. The molecule has 1 aromatic carbocycles. The summed E-state index contributed by atoms with van der Waals surface area (Å²) >= 11 is 6.26. The molecule has 0 spiro atoms. The third kappa shape index (κ3) is 2.60. The smallest absolute Gasteiger partial charge is 0.248 e. The number of anilines is 1. The van der Waals surface area contributed by atoms with E-state index in [2.05, 4.69) is 17.1 Å². The van der Waals surface area contributed by atoms with Gasteiger partial charge in [0.15, 0.2) is 0 Å². The molecule has 4 nitrogen and oxygen atoms in total. The third-order valence-corrected chi connectivity index (χ3v) is 3.51. The van der Waals surface area contributed by atoms with Gasteiger partial charge in [0.05, 0.1) is 16.8 Å². The van der Waals surface area contributed by atoms with Crippen LogP contribution in [0.4, 0.5) is 5.69 Å². The van der Waals surface area contributed by atoms with Crippen molar-refractivity contribution in [2.45, 2.75) is 19.4 Å². The Kier molecular flexibility index (Phi) is 4.09. The normalized spacial score (nSPS) is 15.2. The minimum absolute atomic E-state index is 0.448. The lowest BCUT2D eigenvalue weighted by Gasteiger charge is -2.40. The van der Waals surface area contributed by atoms with E-state index in [0.29, 0.717) is 16.6 Å². The summed E-state index contributed by atoms with van der Waals surface area (Å²) < 4.78 is 0. The number of nitrogens with two attached hydrogens (primary N) is 1. The number of nitrogens with one attached hydrogen (secondary N) is 1. The van der Waals surface area contributed by atoms with E-state index < -0.39 is 5.91 Å². The van der Waals surface area contributed by atoms with Crippen molar-refractivity contribution in [1.29, 1.82) is 0 Å². The van der Waals surface area contributed by atoms with Gasteiger partial charge in [-0.3, -0.25) is 4.79 Å². The van der Waals surface area contributed by atoms with Gasteiger partial charge in [0.1, 0.15) is 0 Å². The number of carbonyl (C=O) groups excluding carboxylic acids is 1. The molecule has 18 heavy (non-hydrogen) atoms. The van der Waals surface area contributed by atoms with Crippen molar-refractivity contribution in [3.05, 3.63) is 28.8 Å². The predicted molar refractivity (Wildman–Crippen MR) is 74.3 cm³/mol. The predicted octanol–water partition coefficient (Wildman–Crippen LogP) is 1.63. The highest BCUT2D eigenvalue weighted by molar-refractivity contribution is 6.33. The Bertz CT molecular complexity index is 446. The van der Waals surface area contributed by atoms with Crippen LogP contribution in [0, 0.1) is 0 Å². The zero-order chi connectivity index (χ0) is 13.1. The summed E-state index contributed by atoms with van der Waals surface area (Å²) in [5.74, 6) is -0.448. The second-order valence-corrected chi connectivity index (χ2v) is 4.94. The van der Waals surface area contributed by atoms with Gasteiger partial charge in [-0.05, 0) is 24.6 Å². The van der Waals surface area contributed by atoms with Crippen LogP contribution >= 0.6 is 11.6 Å². The Balaban J connectivity index is 2.26. The molecule has 2 rings (SSSR count). The standard InChI is InChI=1S/C13H18ClN3O/c1-2-5-17(10-7-16-8-10)12-4-3-9(13(15)18)6-11(12)14/h3-4,6,10,16H,2,5,7-8H2,1H3,(H2,15,18). The molecule has 0 bridgehead atoms. The van der Waals surface area contributed by atoms with Gasteiger partial charge in [0, 0.05) is 25.2 Å². The summed E-state index contributed by atoms with van der Waals surface area (Å²) in [5.41, 5.74) is 6.68.